The fourth-order valence-corrected chi connectivity index (χ4v) is 3.47. The average Bonchev–Trinajstić information content (AvgIpc) is 2.87. The number of nitrogens with zero attached hydrogens (tertiary/aromatic N) is 1. The molecule has 1 amide bonds. The second kappa shape index (κ2) is 5.92. The maximum atomic E-state index is 12.3. The summed E-state index contributed by atoms with van der Waals surface area (Å²) in [7, 11) is 0. The van der Waals surface area contributed by atoms with E-state index in [1.165, 1.54) is 18.2 Å². The fourth-order valence-electron chi connectivity index (χ4n) is 3.47. The first-order valence-electron chi connectivity index (χ1n) is 7.98. The number of nitrogens with one attached hydrogen (secondary N) is 1. The third-order valence-electron chi connectivity index (χ3n) is 5.05. The van der Waals surface area contributed by atoms with Crippen molar-refractivity contribution >= 4 is 16.8 Å². The number of hydrogen-bond donors (Lipinski definition) is 1. The number of rotatable bonds is 3. The molecule has 0 aliphatic heterocycles. The van der Waals surface area contributed by atoms with E-state index in [1.807, 2.05) is 22.9 Å². The number of carbonyl (C=O) groups is 1. The van der Waals surface area contributed by atoms with Gasteiger partial charge in [-0.05, 0) is 35.8 Å². The number of hydrogen-bond acceptors (Lipinski definition) is 1. The molecular formula is C18H24N2O. The van der Waals surface area contributed by atoms with Gasteiger partial charge in [0.2, 0.25) is 5.91 Å². The van der Waals surface area contributed by atoms with Gasteiger partial charge in [0.05, 0.1) is 0 Å². The Hall–Kier alpha value is -1.77. The van der Waals surface area contributed by atoms with Crippen LogP contribution in [0.3, 0.4) is 0 Å². The van der Waals surface area contributed by atoms with Gasteiger partial charge < -0.3 is 9.88 Å². The molecule has 1 aliphatic carbocycles. The lowest BCUT2D eigenvalue weighted by molar-refractivity contribution is -0.123. The van der Waals surface area contributed by atoms with Crippen LogP contribution in [0.4, 0.5) is 0 Å². The van der Waals surface area contributed by atoms with Crippen LogP contribution in [0.15, 0.2) is 36.5 Å². The molecule has 3 heteroatoms. The van der Waals surface area contributed by atoms with Crippen molar-refractivity contribution in [3.63, 3.8) is 0 Å². The van der Waals surface area contributed by atoms with Crippen LogP contribution in [0, 0.1) is 11.8 Å². The molecule has 1 fully saturated rings. The SMILES string of the molecule is C[C@@H]1[C@H](C)CCC[C@@H]1NC(=O)Cn1ccc2ccccc21. The molecule has 1 aromatic carbocycles. The number of para-hydroxylation sites is 1. The molecule has 3 nitrogen and oxygen atoms in total. The van der Waals surface area contributed by atoms with E-state index >= 15 is 0 Å². The van der Waals surface area contributed by atoms with Gasteiger partial charge in [-0.3, -0.25) is 4.79 Å². The van der Waals surface area contributed by atoms with Gasteiger partial charge in [-0.25, -0.2) is 0 Å². The summed E-state index contributed by atoms with van der Waals surface area (Å²) in [5.74, 6) is 1.41. The Morgan fingerprint density at radius 1 is 1.24 bits per heavy atom. The molecular weight excluding hydrogens is 260 g/mol. The Morgan fingerprint density at radius 2 is 2.05 bits per heavy atom. The van der Waals surface area contributed by atoms with E-state index in [-0.39, 0.29) is 5.91 Å². The average molecular weight is 284 g/mol. The maximum absolute atomic E-state index is 12.3. The molecule has 0 bridgehead atoms. The monoisotopic (exact) mass is 284 g/mol. The lowest BCUT2D eigenvalue weighted by Crippen LogP contribution is -2.44. The molecule has 21 heavy (non-hydrogen) atoms. The van der Waals surface area contributed by atoms with Crippen molar-refractivity contribution in [2.75, 3.05) is 0 Å². The molecule has 112 valence electrons. The molecule has 1 N–H and O–H groups in total. The molecule has 2 aromatic rings. The van der Waals surface area contributed by atoms with Crippen LogP contribution in [-0.2, 0) is 11.3 Å². The van der Waals surface area contributed by atoms with Crippen molar-refractivity contribution in [2.24, 2.45) is 11.8 Å². The normalized spacial score (nSPS) is 25.9. The summed E-state index contributed by atoms with van der Waals surface area (Å²) in [4.78, 5) is 12.3. The van der Waals surface area contributed by atoms with Gasteiger partial charge >= 0.3 is 0 Å². The fraction of sp³-hybridized carbons (Fsp3) is 0.500. The Kier molecular flexibility index (Phi) is 4.00. The summed E-state index contributed by atoms with van der Waals surface area (Å²) in [6.07, 6.45) is 5.62. The Balaban J connectivity index is 1.66. The third kappa shape index (κ3) is 2.97. The highest BCUT2D eigenvalue weighted by Crippen LogP contribution is 2.29. The minimum Gasteiger partial charge on any atom is -0.352 e. The van der Waals surface area contributed by atoms with E-state index < -0.39 is 0 Å². The molecule has 0 spiro atoms. The van der Waals surface area contributed by atoms with Crippen LogP contribution in [0.25, 0.3) is 10.9 Å². The van der Waals surface area contributed by atoms with Crippen LogP contribution in [0.5, 0.6) is 0 Å². The minimum absolute atomic E-state index is 0.127. The molecule has 0 radical (unpaired) electrons. The summed E-state index contributed by atoms with van der Waals surface area (Å²) in [5.41, 5.74) is 1.12. The number of aromatic nitrogens is 1. The predicted molar refractivity (Wildman–Crippen MR) is 86.0 cm³/mol. The first kappa shape index (κ1) is 14.2. The smallest absolute Gasteiger partial charge is 0.240 e. The highest BCUT2D eigenvalue weighted by molar-refractivity contribution is 5.83. The van der Waals surface area contributed by atoms with Crippen molar-refractivity contribution in [1.82, 2.24) is 9.88 Å². The van der Waals surface area contributed by atoms with E-state index in [0.717, 1.165) is 11.9 Å². The molecule has 1 aliphatic rings. The summed E-state index contributed by atoms with van der Waals surface area (Å²) in [6.45, 7) is 4.97. The summed E-state index contributed by atoms with van der Waals surface area (Å²) < 4.78 is 2.03. The molecule has 1 saturated carbocycles. The van der Waals surface area contributed by atoms with Crippen molar-refractivity contribution < 1.29 is 4.79 Å². The molecule has 3 rings (SSSR count). The first-order chi connectivity index (χ1) is 10.1. The number of benzene rings is 1. The standard InChI is InChI=1S/C18H24N2O/c1-13-6-5-8-16(14(13)2)19-18(21)12-20-11-10-15-7-3-4-9-17(15)20/h3-4,7,9-11,13-14,16H,5-6,8,12H2,1-2H3,(H,19,21)/t13-,14-,16+/m1/s1. The van der Waals surface area contributed by atoms with Crippen LogP contribution in [0.1, 0.15) is 33.1 Å². The summed E-state index contributed by atoms with van der Waals surface area (Å²) in [6, 6.07) is 10.6. The summed E-state index contributed by atoms with van der Waals surface area (Å²) in [5, 5.41) is 4.43. The van der Waals surface area contributed by atoms with E-state index in [2.05, 4.69) is 37.4 Å². The van der Waals surface area contributed by atoms with Crippen LogP contribution in [0.2, 0.25) is 0 Å². The highest BCUT2D eigenvalue weighted by atomic mass is 16.2. The van der Waals surface area contributed by atoms with Crippen LogP contribution < -0.4 is 5.32 Å². The predicted octanol–water partition coefficient (Wildman–Crippen LogP) is 3.58. The van der Waals surface area contributed by atoms with Gasteiger partial charge in [0.25, 0.3) is 0 Å². The summed E-state index contributed by atoms with van der Waals surface area (Å²) >= 11 is 0. The van der Waals surface area contributed by atoms with Gasteiger partial charge in [-0.2, -0.15) is 0 Å². The van der Waals surface area contributed by atoms with E-state index in [9.17, 15) is 4.79 Å². The number of amides is 1. The van der Waals surface area contributed by atoms with Gasteiger partial charge in [-0.1, -0.05) is 44.9 Å². The maximum Gasteiger partial charge on any atom is 0.240 e. The van der Waals surface area contributed by atoms with Crippen LogP contribution in [-0.4, -0.2) is 16.5 Å². The molecule has 3 atom stereocenters. The molecule has 1 heterocycles. The zero-order chi connectivity index (χ0) is 14.8. The van der Waals surface area contributed by atoms with Gasteiger partial charge in [0.15, 0.2) is 0 Å². The molecule has 0 saturated heterocycles. The molecule has 0 unspecified atom stereocenters. The van der Waals surface area contributed by atoms with Gasteiger partial charge in [0, 0.05) is 17.8 Å². The lowest BCUT2D eigenvalue weighted by Gasteiger charge is -2.34. The van der Waals surface area contributed by atoms with Gasteiger partial charge in [0.1, 0.15) is 6.54 Å². The first-order valence-corrected chi connectivity index (χ1v) is 7.98. The topological polar surface area (TPSA) is 34.0 Å². The third-order valence-corrected chi connectivity index (χ3v) is 5.05. The van der Waals surface area contributed by atoms with E-state index in [1.54, 1.807) is 0 Å². The Morgan fingerprint density at radius 3 is 2.90 bits per heavy atom. The quantitative estimate of drug-likeness (QED) is 0.918. The van der Waals surface area contributed by atoms with E-state index in [4.69, 9.17) is 0 Å². The number of fused-ring (bicyclic) bond motifs is 1. The van der Waals surface area contributed by atoms with Crippen molar-refractivity contribution in [1.29, 1.82) is 0 Å². The lowest BCUT2D eigenvalue weighted by atomic mass is 9.78. The minimum atomic E-state index is 0.127. The Labute approximate surface area is 126 Å². The van der Waals surface area contributed by atoms with Gasteiger partial charge in [-0.15, -0.1) is 0 Å². The van der Waals surface area contributed by atoms with Crippen molar-refractivity contribution in [3.8, 4) is 0 Å². The second-order valence-electron chi connectivity index (χ2n) is 6.44. The highest BCUT2D eigenvalue weighted by Gasteiger charge is 2.28. The zero-order valence-corrected chi connectivity index (χ0v) is 12.9. The Bertz CT molecular complexity index is 631. The molecule has 1 aromatic heterocycles. The van der Waals surface area contributed by atoms with Crippen molar-refractivity contribution in [3.05, 3.63) is 36.5 Å². The van der Waals surface area contributed by atoms with Crippen LogP contribution >= 0.6 is 0 Å². The largest absolute Gasteiger partial charge is 0.352 e. The van der Waals surface area contributed by atoms with Crippen molar-refractivity contribution in [2.45, 2.75) is 45.7 Å². The zero-order valence-electron chi connectivity index (χ0n) is 12.9. The van der Waals surface area contributed by atoms with E-state index in [0.29, 0.717) is 24.4 Å². The second-order valence-corrected chi connectivity index (χ2v) is 6.44. The number of carbonyl (C=O) groups excluding carboxylic acids is 1.